The van der Waals surface area contributed by atoms with E-state index in [0.717, 1.165) is 10.4 Å². The van der Waals surface area contributed by atoms with Gasteiger partial charge in [0.25, 0.3) is 0 Å². The molecule has 0 unspecified atom stereocenters. The molecule has 0 aliphatic rings. The first kappa shape index (κ1) is 10.1. The maximum atomic E-state index is 13.2. The van der Waals surface area contributed by atoms with Crippen molar-refractivity contribution in [1.29, 1.82) is 0 Å². The normalized spacial score (nSPS) is 11.7. The van der Waals surface area contributed by atoms with Crippen LogP contribution in [0.15, 0.2) is 42.7 Å². The van der Waals surface area contributed by atoms with E-state index in [1.807, 2.05) is 18.2 Å². The van der Waals surface area contributed by atoms with E-state index in [-0.39, 0.29) is 5.83 Å². The Kier molecular flexibility index (Phi) is 2.92. The van der Waals surface area contributed by atoms with Crippen molar-refractivity contribution >= 4 is 17.2 Å². The molecular weight excluding hydrogens is 209 g/mol. The molecular formula is C12H9FNS. The van der Waals surface area contributed by atoms with E-state index < -0.39 is 0 Å². The summed E-state index contributed by atoms with van der Waals surface area (Å²) in [7, 11) is 0. The van der Waals surface area contributed by atoms with Crippen molar-refractivity contribution < 1.29 is 4.39 Å². The molecule has 15 heavy (non-hydrogen) atoms. The van der Waals surface area contributed by atoms with Crippen LogP contribution in [-0.2, 0) is 0 Å². The summed E-state index contributed by atoms with van der Waals surface area (Å²) in [6, 6.07) is 7.47. The number of rotatable bonds is 2. The lowest BCUT2D eigenvalue weighted by molar-refractivity contribution is 0.764. The smallest absolute Gasteiger partial charge is 0.136 e. The van der Waals surface area contributed by atoms with Gasteiger partial charge in [0.2, 0.25) is 0 Å². The molecule has 0 fully saturated rings. The second-order valence-electron chi connectivity index (χ2n) is 2.95. The van der Waals surface area contributed by atoms with E-state index in [4.69, 9.17) is 0 Å². The van der Waals surface area contributed by atoms with Crippen molar-refractivity contribution in [1.82, 2.24) is 4.98 Å². The molecule has 2 aromatic heterocycles. The van der Waals surface area contributed by atoms with Gasteiger partial charge in [0.1, 0.15) is 5.83 Å². The van der Waals surface area contributed by atoms with Crippen LogP contribution in [0.5, 0.6) is 0 Å². The summed E-state index contributed by atoms with van der Waals surface area (Å²) in [5.74, 6) is -0.277. The van der Waals surface area contributed by atoms with Crippen molar-refractivity contribution in [2.24, 2.45) is 0 Å². The molecule has 2 heterocycles. The van der Waals surface area contributed by atoms with Crippen LogP contribution in [0.2, 0.25) is 0 Å². The molecule has 3 heteroatoms. The minimum Gasteiger partial charge on any atom is -0.265 e. The molecule has 2 aromatic rings. The third kappa shape index (κ3) is 2.13. The maximum absolute atomic E-state index is 13.2. The fraction of sp³-hybridized carbons (Fsp3) is 0. The molecule has 1 nitrogen and oxygen atoms in total. The molecule has 0 aliphatic heterocycles. The van der Waals surface area contributed by atoms with Gasteiger partial charge in [0.05, 0.1) is 4.88 Å². The van der Waals surface area contributed by atoms with E-state index in [0.29, 0.717) is 4.88 Å². The highest BCUT2D eigenvalue weighted by Gasteiger charge is 2.05. The molecule has 1 radical (unpaired) electrons. The van der Waals surface area contributed by atoms with Gasteiger partial charge < -0.3 is 0 Å². The van der Waals surface area contributed by atoms with Gasteiger partial charge in [-0.1, -0.05) is 0 Å². The Morgan fingerprint density at radius 3 is 2.67 bits per heavy atom. The van der Waals surface area contributed by atoms with E-state index in [9.17, 15) is 4.39 Å². The van der Waals surface area contributed by atoms with Gasteiger partial charge in [0.15, 0.2) is 0 Å². The monoisotopic (exact) mass is 218 g/mol. The SMILES string of the molecule is [CH2]/C=C(\F)c1ccc(-c2ccncc2)s1. The Labute approximate surface area is 91.9 Å². The Morgan fingerprint density at radius 2 is 2.00 bits per heavy atom. The summed E-state index contributed by atoms with van der Waals surface area (Å²) in [6.07, 6.45) is 4.67. The lowest BCUT2D eigenvalue weighted by atomic mass is 10.2. The molecule has 0 aromatic carbocycles. The topological polar surface area (TPSA) is 12.9 Å². The Bertz CT molecular complexity index is 473. The largest absolute Gasteiger partial charge is 0.265 e. The molecule has 0 saturated carbocycles. The van der Waals surface area contributed by atoms with Crippen LogP contribution in [0, 0.1) is 6.92 Å². The number of hydrogen-bond acceptors (Lipinski definition) is 2. The van der Waals surface area contributed by atoms with Crippen LogP contribution >= 0.6 is 11.3 Å². The first-order valence-corrected chi connectivity index (χ1v) is 5.28. The van der Waals surface area contributed by atoms with Crippen LogP contribution in [0.1, 0.15) is 4.88 Å². The second-order valence-corrected chi connectivity index (χ2v) is 4.04. The third-order valence-electron chi connectivity index (χ3n) is 1.99. The average molecular weight is 218 g/mol. The molecule has 0 amide bonds. The highest BCUT2D eigenvalue weighted by Crippen LogP contribution is 2.31. The molecule has 2 rings (SSSR count). The van der Waals surface area contributed by atoms with Crippen molar-refractivity contribution in [3.05, 3.63) is 54.5 Å². The maximum Gasteiger partial charge on any atom is 0.136 e. The Hall–Kier alpha value is -1.48. The molecule has 75 valence electrons. The van der Waals surface area contributed by atoms with Crippen molar-refractivity contribution in [2.75, 3.05) is 0 Å². The van der Waals surface area contributed by atoms with E-state index in [1.165, 1.54) is 17.4 Å². The van der Waals surface area contributed by atoms with Crippen molar-refractivity contribution in [2.45, 2.75) is 0 Å². The summed E-state index contributed by atoms with van der Waals surface area (Å²) >= 11 is 1.41. The molecule has 0 N–H and O–H groups in total. The fourth-order valence-electron chi connectivity index (χ4n) is 1.24. The van der Waals surface area contributed by atoms with E-state index in [2.05, 4.69) is 11.9 Å². The highest BCUT2D eigenvalue weighted by atomic mass is 32.1. The summed E-state index contributed by atoms with van der Waals surface area (Å²) in [4.78, 5) is 5.58. The lowest BCUT2D eigenvalue weighted by Crippen LogP contribution is -1.71. The zero-order valence-corrected chi connectivity index (χ0v) is 8.80. The number of thiophene rings is 1. The molecule has 0 aliphatic carbocycles. The van der Waals surface area contributed by atoms with Gasteiger partial charge in [-0.2, -0.15) is 0 Å². The van der Waals surface area contributed by atoms with Gasteiger partial charge in [0, 0.05) is 17.3 Å². The van der Waals surface area contributed by atoms with Gasteiger partial charge in [-0.05, 0) is 42.8 Å². The fourth-order valence-corrected chi connectivity index (χ4v) is 2.18. The van der Waals surface area contributed by atoms with Crippen LogP contribution < -0.4 is 0 Å². The minimum absolute atomic E-state index is 0.277. The van der Waals surface area contributed by atoms with E-state index in [1.54, 1.807) is 18.5 Å². The van der Waals surface area contributed by atoms with Crippen LogP contribution in [0.4, 0.5) is 4.39 Å². The van der Waals surface area contributed by atoms with Gasteiger partial charge in [-0.15, -0.1) is 11.3 Å². The first-order valence-electron chi connectivity index (χ1n) is 4.47. The number of nitrogens with zero attached hydrogens (tertiary/aromatic N) is 1. The second kappa shape index (κ2) is 4.36. The van der Waals surface area contributed by atoms with Crippen molar-refractivity contribution in [3.8, 4) is 10.4 Å². The zero-order chi connectivity index (χ0) is 10.7. The zero-order valence-electron chi connectivity index (χ0n) is 7.98. The van der Waals surface area contributed by atoms with Crippen LogP contribution in [-0.4, -0.2) is 4.98 Å². The van der Waals surface area contributed by atoms with Gasteiger partial charge in [-0.3, -0.25) is 4.98 Å². The number of allylic oxidation sites excluding steroid dienone is 1. The van der Waals surface area contributed by atoms with Crippen LogP contribution in [0.3, 0.4) is 0 Å². The number of pyridine rings is 1. The van der Waals surface area contributed by atoms with Gasteiger partial charge in [-0.25, -0.2) is 4.39 Å². The predicted octanol–water partition coefficient (Wildman–Crippen LogP) is 3.95. The average Bonchev–Trinajstić information content (AvgIpc) is 2.78. The summed E-state index contributed by atoms with van der Waals surface area (Å²) in [6.45, 7) is 3.40. The minimum atomic E-state index is -0.277. The standard InChI is InChI=1S/C12H9FNS/c1-2-10(13)12-4-3-11(15-12)9-5-7-14-8-6-9/h2-8H,1H2/b10-2-. The summed E-state index contributed by atoms with van der Waals surface area (Å²) < 4.78 is 13.2. The molecule has 0 saturated heterocycles. The number of aromatic nitrogens is 1. The highest BCUT2D eigenvalue weighted by molar-refractivity contribution is 7.16. The number of halogens is 1. The Morgan fingerprint density at radius 1 is 1.27 bits per heavy atom. The van der Waals surface area contributed by atoms with Gasteiger partial charge >= 0.3 is 0 Å². The number of hydrogen-bond donors (Lipinski definition) is 0. The van der Waals surface area contributed by atoms with Crippen LogP contribution in [0.25, 0.3) is 16.3 Å². The summed E-state index contributed by atoms with van der Waals surface area (Å²) in [5.41, 5.74) is 1.05. The molecule has 0 bridgehead atoms. The molecule has 0 spiro atoms. The first-order chi connectivity index (χ1) is 7.31. The quantitative estimate of drug-likeness (QED) is 0.743. The molecule has 0 atom stereocenters. The third-order valence-corrected chi connectivity index (χ3v) is 3.13. The lowest BCUT2D eigenvalue weighted by Gasteiger charge is -1.94. The summed E-state index contributed by atoms with van der Waals surface area (Å²) in [5, 5.41) is 0. The predicted molar refractivity (Wildman–Crippen MR) is 62.0 cm³/mol. The van der Waals surface area contributed by atoms with E-state index >= 15 is 0 Å². The van der Waals surface area contributed by atoms with Crippen molar-refractivity contribution in [3.63, 3.8) is 0 Å². The Balaban J connectivity index is 2.36.